The van der Waals surface area contributed by atoms with Crippen molar-refractivity contribution in [3.63, 3.8) is 0 Å². The van der Waals surface area contributed by atoms with Gasteiger partial charge < -0.3 is 4.42 Å². The summed E-state index contributed by atoms with van der Waals surface area (Å²) in [5, 5.41) is 2.17. The summed E-state index contributed by atoms with van der Waals surface area (Å²) in [6.07, 6.45) is 0. The predicted octanol–water partition coefficient (Wildman–Crippen LogP) is 11.7. The molecular formula is C47H30N2O. The molecule has 2 aromatic heterocycles. The zero-order valence-corrected chi connectivity index (χ0v) is 27.1. The van der Waals surface area contributed by atoms with Gasteiger partial charge in [0.05, 0.1) is 16.8 Å². The van der Waals surface area contributed by atoms with Gasteiger partial charge in [0.2, 0.25) is 0 Å². The van der Waals surface area contributed by atoms with Crippen LogP contribution in [-0.2, 0) is 5.41 Å². The number of benzene rings is 7. The minimum absolute atomic E-state index is 0.490. The Morgan fingerprint density at radius 2 is 0.940 bits per heavy atom. The molecule has 7 aromatic carbocycles. The van der Waals surface area contributed by atoms with Crippen molar-refractivity contribution in [1.82, 2.24) is 9.97 Å². The molecule has 0 bridgehead atoms. The molecule has 0 fully saturated rings. The van der Waals surface area contributed by atoms with Gasteiger partial charge in [0.1, 0.15) is 11.2 Å². The number of furan rings is 1. The van der Waals surface area contributed by atoms with Crippen LogP contribution in [0.4, 0.5) is 0 Å². The molecule has 1 aliphatic rings. The van der Waals surface area contributed by atoms with Crippen molar-refractivity contribution < 1.29 is 4.42 Å². The van der Waals surface area contributed by atoms with Crippen LogP contribution in [-0.4, -0.2) is 9.97 Å². The lowest BCUT2D eigenvalue weighted by molar-refractivity contribution is 0.669. The van der Waals surface area contributed by atoms with E-state index in [1.165, 1.54) is 33.4 Å². The SMILES string of the molecule is c1ccc(-c2nc(-c3cccc(C4(c5ccccc5)c5ccccc5-c5ccccc54)c3)cc(-c3ccc4oc5ccccc5c4c3)n2)cc1. The molecule has 9 aromatic rings. The number of fused-ring (bicyclic) bond motifs is 6. The number of para-hydroxylation sites is 1. The highest BCUT2D eigenvalue weighted by Crippen LogP contribution is 2.56. The molecule has 0 aliphatic heterocycles. The maximum Gasteiger partial charge on any atom is 0.160 e. The summed E-state index contributed by atoms with van der Waals surface area (Å²) >= 11 is 0. The van der Waals surface area contributed by atoms with E-state index in [2.05, 4.69) is 146 Å². The lowest BCUT2D eigenvalue weighted by Gasteiger charge is -2.34. The highest BCUT2D eigenvalue weighted by Gasteiger charge is 2.45. The molecule has 0 saturated carbocycles. The summed E-state index contributed by atoms with van der Waals surface area (Å²) in [5.41, 5.74) is 13.6. The fraction of sp³-hybridized carbons (Fsp3) is 0.0213. The van der Waals surface area contributed by atoms with E-state index >= 15 is 0 Å². The van der Waals surface area contributed by atoms with Crippen LogP contribution in [0, 0.1) is 0 Å². The number of aromatic nitrogens is 2. The first kappa shape index (κ1) is 28.4. The normalized spacial score (nSPS) is 13.0. The quantitative estimate of drug-likeness (QED) is 0.188. The maximum atomic E-state index is 6.15. The van der Waals surface area contributed by atoms with Gasteiger partial charge >= 0.3 is 0 Å². The predicted molar refractivity (Wildman–Crippen MR) is 203 cm³/mol. The molecule has 1 aliphatic carbocycles. The van der Waals surface area contributed by atoms with Gasteiger partial charge in [0.25, 0.3) is 0 Å². The topological polar surface area (TPSA) is 38.9 Å². The molecule has 10 rings (SSSR count). The Balaban J connectivity index is 1.20. The Bertz CT molecular complexity index is 2660. The molecule has 0 N–H and O–H groups in total. The summed E-state index contributed by atoms with van der Waals surface area (Å²) in [6, 6.07) is 64.4. The summed E-state index contributed by atoms with van der Waals surface area (Å²) in [6.45, 7) is 0. The van der Waals surface area contributed by atoms with Crippen molar-refractivity contribution in [1.29, 1.82) is 0 Å². The van der Waals surface area contributed by atoms with Gasteiger partial charge in [0, 0.05) is 27.5 Å². The van der Waals surface area contributed by atoms with Crippen LogP contribution >= 0.6 is 0 Å². The Kier molecular flexibility index (Phi) is 6.40. The lowest BCUT2D eigenvalue weighted by Crippen LogP contribution is -2.28. The maximum absolute atomic E-state index is 6.15. The van der Waals surface area contributed by atoms with E-state index in [9.17, 15) is 0 Å². The summed E-state index contributed by atoms with van der Waals surface area (Å²) in [7, 11) is 0. The molecule has 0 radical (unpaired) electrons. The van der Waals surface area contributed by atoms with E-state index in [1.807, 2.05) is 36.4 Å². The molecule has 3 heteroatoms. The molecule has 0 atom stereocenters. The van der Waals surface area contributed by atoms with Crippen LogP contribution in [0.3, 0.4) is 0 Å². The van der Waals surface area contributed by atoms with E-state index in [1.54, 1.807) is 0 Å². The number of hydrogen-bond donors (Lipinski definition) is 0. The second-order valence-electron chi connectivity index (χ2n) is 12.9. The fourth-order valence-corrected chi connectivity index (χ4v) is 7.97. The van der Waals surface area contributed by atoms with Crippen molar-refractivity contribution in [2.45, 2.75) is 5.41 Å². The summed E-state index contributed by atoms with van der Waals surface area (Å²) < 4.78 is 6.15. The van der Waals surface area contributed by atoms with Crippen LogP contribution in [0.1, 0.15) is 22.3 Å². The van der Waals surface area contributed by atoms with Crippen molar-refractivity contribution >= 4 is 21.9 Å². The minimum atomic E-state index is -0.490. The largest absolute Gasteiger partial charge is 0.456 e. The average Bonchev–Trinajstić information content (AvgIpc) is 3.72. The molecule has 2 heterocycles. The third-order valence-electron chi connectivity index (χ3n) is 10.2. The van der Waals surface area contributed by atoms with Crippen LogP contribution in [0.5, 0.6) is 0 Å². The molecular weight excluding hydrogens is 609 g/mol. The Hall–Kier alpha value is -6.58. The van der Waals surface area contributed by atoms with Gasteiger partial charge in [-0.2, -0.15) is 0 Å². The van der Waals surface area contributed by atoms with Gasteiger partial charge in [-0.1, -0.05) is 146 Å². The lowest BCUT2D eigenvalue weighted by atomic mass is 9.67. The van der Waals surface area contributed by atoms with E-state index in [-0.39, 0.29) is 0 Å². The van der Waals surface area contributed by atoms with Gasteiger partial charge in [-0.3, -0.25) is 0 Å². The standard InChI is InChI=1S/C47H30N2O/c1-3-14-31(15-4-1)46-48-42(30-43(49-46)33-26-27-45-39(29-33)38-22-9-12-25-44(38)50-45)32-16-13-19-35(28-32)47(34-17-5-2-6-18-34)40-23-10-7-20-36(40)37-21-8-11-24-41(37)47/h1-30H. The van der Waals surface area contributed by atoms with Gasteiger partial charge in [-0.05, 0) is 69.8 Å². The van der Waals surface area contributed by atoms with Crippen LogP contribution in [0.15, 0.2) is 186 Å². The third kappa shape index (κ3) is 4.30. The summed E-state index contributed by atoms with van der Waals surface area (Å²) in [4.78, 5) is 10.4. The summed E-state index contributed by atoms with van der Waals surface area (Å²) in [5.74, 6) is 0.690. The van der Waals surface area contributed by atoms with Crippen LogP contribution in [0.2, 0.25) is 0 Å². The molecule has 0 unspecified atom stereocenters. The van der Waals surface area contributed by atoms with Crippen molar-refractivity contribution in [3.8, 4) is 45.0 Å². The fourth-order valence-electron chi connectivity index (χ4n) is 7.97. The zero-order chi connectivity index (χ0) is 33.1. The molecule has 234 valence electrons. The van der Waals surface area contributed by atoms with Crippen LogP contribution < -0.4 is 0 Å². The minimum Gasteiger partial charge on any atom is -0.456 e. The molecule has 0 amide bonds. The number of hydrogen-bond acceptors (Lipinski definition) is 3. The highest BCUT2D eigenvalue weighted by molar-refractivity contribution is 6.06. The molecule has 50 heavy (non-hydrogen) atoms. The van der Waals surface area contributed by atoms with Gasteiger partial charge in [0.15, 0.2) is 5.82 Å². The average molecular weight is 639 g/mol. The van der Waals surface area contributed by atoms with Crippen LogP contribution in [0.25, 0.3) is 67.0 Å². The number of nitrogens with zero attached hydrogens (tertiary/aromatic N) is 2. The zero-order valence-electron chi connectivity index (χ0n) is 27.1. The van der Waals surface area contributed by atoms with Crippen molar-refractivity contribution in [2.75, 3.05) is 0 Å². The first-order valence-electron chi connectivity index (χ1n) is 17.0. The first-order valence-corrected chi connectivity index (χ1v) is 17.0. The van der Waals surface area contributed by atoms with E-state index < -0.39 is 5.41 Å². The third-order valence-corrected chi connectivity index (χ3v) is 10.2. The second-order valence-corrected chi connectivity index (χ2v) is 12.9. The Morgan fingerprint density at radius 1 is 0.380 bits per heavy atom. The smallest absolute Gasteiger partial charge is 0.160 e. The second kappa shape index (κ2) is 11.3. The first-order chi connectivity index (χ1) is 24.8. The van der Waals surface area contributed by atoms with E-state index in [0.717, 1.165) is 50.0 Å². The number of rotatable bonds is 5. The monoisotopic (exact) mass is 638 g/mol. The molecule has 0 spiro atoms. The molecule has 3 nitrogen and oxygen atoms in total. The van der Waals surface area contributed by atoms with Gasteiger partial charge in [-0.25, -0.2) is 9.97 Å². The Morgan fingerprint density at radius 3 is 1.68 bits per heavy atom. The van der Waals surface area contributed by atoms with Crippen molar-refractivity contribution in [3.05, 3.63) is 204 Å². The van der Waals surface area contributed by atoms with Crippen molar-refractivity contribution in [2.24, 2.45) is 0 Å². The van der Waals surface area contributed by atoms with E-state index in [0.29, 0.717) is 5.82 Å². The molecule has 0 saturated heterocycles. The highest BCUT2D eigenvalue weighted by atomic mass is 16.3. The van der Waals surface area contributed by atoms with E-state index in [4.69, 9.17) is 14.4 Å². The Labute approximate surface area is 290 Å². The van der Waals surface area contributed by atoms with Gasteiger partial charge in [-0.15, -0.1) is 0 Å².